The van der Waals surface area contributed by atoms with Gasteiger partial charge in [-0.05, 0) is 30.3 Å². The number of benzene rings is 2. The van der Waals surface area contributed by atoms with Gasteiger partial charge in [-0.15, -0.1) is 12.6 Å². The fraction of sp³-hybridized carbons (Fsp3) is 0.346. The zero-order chi connectivity index (χ0) is 30.2. The van der Waals surface area contributed by atoms with Crippen molar-refractivity contribution in [1.29, 1.82) is 0 Å². The van der Waals surface area contributed by atoms with Gasteiger partial charge in [-0.1, -0.05) is 30.3 Å². The maximum absolute atomic E-state index is 13.5. The molecular formula is C26H25F6N3O4S2. The second kappa shape index (κ2) is 11.3. The van der Waals surface area contributed by atoms with Gasteiger partial charge in [0.05, 0.1) is 12.0 Å². The molecule has 1 aliphatic heterocycles. The molecule has 4 rings (SSSR count). The minimum atomic E-state index is -6.02. The largest absolute Gasteiger partial charge is 0.481 e. The summed E-state index contributed by atoms with van der Waals surface area (Å²) >= 11 is 4.26. The summed E-state index contributed by atoms with van der Waals surface area (Å²) in [6.45, 7) is -0.0336. The van der Waals surface area contributed by atoms with Crippen LogP contribution >= 0.6 is 12.6 Å². The van der Waals surface area contributed by atoms with Crippen LogP contribution in [0.15, 0.2) is 76.5 Å². The van der Waals surface area contributed by atoms with Crippen LogP contribution in [0.1, 0.15) is 11.3 Å². The van der Waals surface area contributed by atoms with Crippen LogP contribution in [-0.4, -0.2) is 68.0 Å². The number of piperazine rings is 1. The van der Waals surface area contributed by atoms with Crippen molar-refractivity contribution in [2.75, 3.05) is 31.6 Å². The standard InChI is InChI=1S/C26H25F6N3O4S2/c1-39-23-8-4-5-18(33-23)15-20-16-34(41(37,38)22-7-3-2-6-21(22)40)13-14-35(20)19-11-9-17(10-12-19)24(36,25(27,28)29)26(30,31)32/h2-12,20,36,40H,13-16H2,1H3/t20-/m0/s1. The van der Waals surface area contributed by atoms with E-state index in [4.69, 9.17) is 4.74 Å². The number of pyridine rings is 1. The zero-order valence-electron chi connectivity index (χ0n) is 21.4. The molecule has 1 atom stereocenters. The first-order valence-electron chi connectivity index (χ1n) is 12.1. The van der Waals surface area contributed by atoms with Crippen LogP contribution in [0.2, 0.25) is 0 Å². The van der Waals surface area contributed by atoms with Crippen LogP contribution in [0.25, 0.3) is 0 Å². The number of anilines is 1. The van der Waals surface area contributed by atoms with Crippen LogP contribution in [0.4, 0.5) is 32.0 Å². The third-order valence-corrected chi connectivity index (χ3v) is 9.27. The molecule has 3 aromatic rings. The highest BCUT2D eigenvalue weighted by molar-refractivity contribution is 7.90. The zero-order valence-corrected chi connectivity index (χ0v) is 23.1. The Balaban J connectivity index is 1.70. The molecule has 0 amide bonds. The lowest BCUT2D eigenvalue weighted by molar-refractivity contribution is -0.376. The van der Waals surface area contributed by atoms with Gasteiger partial charge in [0.2, 0.25) is 15.9 Å². The number of aromatic nitrogens is 1. The van der Waals surface area contributed by atoms with E-state index in [1.54, 1.807) is 35.2 Å². The van der Waals surface area contributed by atoms with E-state index >= 15 is 0 Å². The van der Waals surface area contributed by atoms with E-state index in [1.807, 2.05) is 0 Å². The Labute approximate surface area is 237 Å². The molecule has 1 fully saturated rings. The van der Waals surface area contributed by atoms with Crippen LogP contribution in [0.3, 0.4) is 0 Å². The van der Waals surface area contributed by atoms with Crippen molar-refractivity contribution in [3.05, 3.63) is 78.0 Å². The number of hydrogen-bond donors (Lipinski definition) is 2. The van der Waals surface area contributed by atoms with E-state index in [0.29, 0.717) is 23.7 Å². The molecule has 0 saturated carbocycles. The van der Waals surface area contributed by atoms with Crippen molar-refractivity contribution in [2.24, 2.45) is 0 Å². The smallest absolute Gasteiger partial charge is 0.430 e. The average Bonchev–Trinajstić information content (AvgIpc) is 2.91. The number of sulfonamides is 1. The van der Waals surface area contributed by atoms with Gasteiger partial charge in [0.15, 0.2) is 0 Å². The number of ether oxygens (including phenoxy) is 1. The minimum Gasteiger partial charge on any atom is -0.481 e. The number of halogens is 6. The Morgan fingerprint density at radius 1 is 0.951 bits per heavy atom. The Hall–Kier alpha value is -3.01. The van der Waals surface area contributed by atoms with Crippen molar-refractivity contribution >= 4 is 28.3 Å². The van der Waals surface area contributed by atoms with Crippen molar-refractivity contribution in [3.8, 4) is 5.88 Å². The Morgan fingerprint density at radius 2 is 1.59 bits per heavy atom. The monoisotopic (exact) mass is 621 g/mol. The summed E-state index contributed by atoms with van der Waals surface area (Å²) in [7, 11) is -2.57. The van der Waals surface area contributed by atoms with Gasteiger partial charge < -0.3 is 14.7 Å². The number of thiol groups is 1. The number of methoxy groups -OCH3 is 1. The summed E-state index contributed by atoms with van der Waals surface area (Å²) in [5, 5.41) is 9.74. The first kappa shape index (κ1) is 30.9. The fourth-order valence-corrected chi connectivity index (χ4v) is 6.74. The minimum absolute atomic E-state index is 0.00187. The van der Waals surface area contributed by atoms with Crippen LogP contribution in [-0.2, 0) is 22.0 Å². The third-order valence-electron chi connectivity index (χ3n) is 6.80. The van der Waals surface area contributed by atoms with Crippen LogP contribution in [0, 0.1) is 0 Å². The van der Waals surface area contributed by atoms with E-state index in [1.165, 1.54) is 23.5 Å². The summed E-state index contributed by atoms with van der Waals surface area (Å²) in [5.74, 6) is 0.307. The molecule has 0 bridgehead atoms. The second-order valence-electron chi connectivity index (χ2n) is 9.31. The molecule has 0 radical (unpaired) electrons. The number of alkyl halides is 6. The number of nitrogens with zero attached hydrogens (tertiary/aromatic N) is 3. The molecule has 7 nitrogen and oxygen atoms in total. The normalized spacial score (nSPS) is 17.5. The molecule has 1 aromatic heterocycles. The average molecular weight is 622 g/mol. The molecule has 0 unspecified atom stereocenters. The Bertz CT molecular complexity index is 1470. The SMILES string of the molecule is COc1cccc(C[C@H]2CN(S(=O)(=O)c3ccccc3S)CCN2c2ccc(C(O)(C(F)(F)F)C(F)(F)F)cc2)n1. The first-order valence-corrected chi connectivity index (χ1v) is 14.0. The van der Waals surface area contributed by atoms with Gasteiger partial charge in [-0.25, -0.2) is 13.4 Å². The maximum Gasteiger partial charge on any atom is 0.430 e. The van der Waals surface area contributed by atoms with E-state index < -0.39 is 39.6 Å². The quantitative estimate of drug-likeness (QED) is 0.291. The lowest BCUT2D eigenvalue weighted by Crippen LogP contribution is -2.56. The molecule has 222 valence electrons. The van der Waals surface area contributed by atoms with Gasteiger partial charge in [-0.2, -0.15) is 30.6 Å². The summed E-state index contributed by atoms with van der Waals surface area (Å²) in [4.78, 5) is 6.29. The highest BCUT2D eigenvalue weighted by atomic mass is 32.2. The van der Waals surface area contributed by atoms with Crippen molar-refractivity contribution in [2.45, 2.75) is 40.2 Å². The second-order valence-corrected chi connectivity index (χ2v) is 11.7. The van der Waals surface area contributed by atoms with E-state index in [-0.39, 0.29) is 41.5 Å². The summed E-state index contributed by atoms with van der Waals surface area (Å²) in [6, 6.07) is 13.7. The van der Waals surface area contributed by atoms with Crippen molar-refractivity contribution in [3.63, 3.8) is 0 Å². The number of rotatable bonds is 7. The molecule has 15 heteroatoms. The summed E-state index contributed by atoms with van der Waals surface area (Å²) in [5.41, 5.74) is -5.69. The highest BCUT2D eigenvalue weighted by Gasteiger charge is 2.71. The van der Waals surface area contributed by atoms with Crippen LogP contribution in [0.5, 0.6) is 5.88 Å². The lowest BCUT2D eigenvalue weighted by atomic mass is 9.92. The summed E-state index contributed by atoms with van der Waals surface area (Å²) < 4.78 is 114. The molecule has 2 aromatic carbocycles. The first-order chi connectivity index (χ1) is 19.1. The maximum atomic E-state index is 13.5. The molecule has 0 aliphatic carbocycles. The number of hydrogen-bond acceptors (Lipinski definition) is 7. The third kappa shape index (κ3) is 5.98. The van der Waals surface area contributed by atoms with Gasteiger partial charge in [0.25, 0.3) is 5.60 Å². The predicted octanol–water partition coefficient (Wildman–Crippen LogP) is 4.81. The lowest BCUT2D eigenvalue weighted by Gasteiger charge is -2.42. The van der Waals surface area contributed by atoms with E-state index in [0.717, 1.165) is 12.1 Å². The molecule has 1 aliphatic rings. The molecule has 41 heavy (non-hydrogen) atoms. The highest BCUT2D eigenvalue weighted by Crippen LogP contribution is 2.50. The Kier molecular flexibility index (Phi) is 8.56. The van der Waals surface area contributed by atoms with E-state index in [9.17, 15) is 39.9 Å². The van der Waals surface area contributed by atoms with Crippen LogP contribution < -0.4 is 9.64 Å². The molecule has 1 N–H and O–H groups in total. The van der Waals surface area contributed by atoms with Crippen molar-refractivity contribution in [1.82, 2.24) is 9.29 Å². The summed E-state index contributed by atoms with van der Waals surface area (Å²) in [6.07, 6.45) is -11.9. The molecule has 0 spiro atoms. The van der Waals surface area contributed by atoms with Gasteiger partial charge >= 0.3 is 12.4 Å². The van der Waals surface area contributed by atoms with Gasteiger partial charge in [0.1, 0.15) is 0 Å². The molecular weight excluding hydrogens is 596 g/mol. The fourth-order valence-electron chi connectivity index (χ4n) is 4.68. The van der Waals surface area contributed by atoms with E-state index in [2.05, 4.69) is 17.6 Å². The predicted molar refractivity (Wildman–Crippen MR) is 141 cm³/mol. The topological polar surface area (TPSA) is 83.0 Å². The number of aliphatic hydroxyl groups is 1. The van der Waals surface area contributed by atoms with Gasteiger partial charge in [-0.3, -0.25) is 0 Å². The van der Waals surface area contributed by atoms with Crippen molar-refractivity contribution < 1.29 is 44.6 Å². The molecule has 2 heterocycles. The molecule has 1 saturated heterocycles. The Morgan fingerprint density at radius 3 is 2.17 bits per heavy atom. The van der Waals surface area contributed by atoms with Gasteiger partial charge in [0, 0.05) is 60.0 Å².